The van der Waals surface area contributed by atoms with Crippen molar-refractivity contribution < 1.29 is 22.4 Å². The molecule has 0 fully saturated rings. The molecule has 0 heterocycles. The van der Waals surface area contributed by atoms with Crippen LogP contribution in [0.25, 0.3) is 0 Å². The topological polar surface area (TPSA) is 17.1 Å². The average molecular weight is 283 g/mol. The lowest BCUT2D eigenvalue weighted by atomic mass is 9.84. The van der Waals surface area contributed by atoms with Crippen molar-refractivity contribution in [2.75, 3.05) is 5.88 Å². The Labute approximate surface area is 107 Å². The lowest BCUT2D eigenvalue weighted by Crippen LogP contribution is -2.29. The van der Waals surface area contributed by atoms with Gasteiger partial charge in [0.25, 0.3) is 0 Å². The van der Waals surface area contributed by atoms with E-state index in [1.165, 1.54) is 13.8 Å². The number of carbonyl (C=O) groups is 1. The minimum Gasteiger partial charge on any atom is -0.294 e. The van der Waals surface area contributed by atoms with Crippen LogP contribution in [0.3, 0.4) is 0 Å². The lowest BCUT2D eigenvalue weighted by Gasteiger charge is -2.22. The van der Waals surface area contributed by atoms with Gasteiger partial charge in [-0.15, -0.1) is 11.6 Å². The first-order chi connectivity index (χ1) is 8.11. The zero-order chi connectivity index (χ0) is 14.1. The normalized spacial score (nSPS) is 12.6. The molecule has 100 valence electrons. The molecule has 0 atom stereocenters. The number of hydrogen-bond donors (Lipinski definition) is 0. The van der Waals surface area contributed by atoms with Crippen LogP contribution < -0.4 is 0 Å². The van der Waals surface area contributed by atoms with Crippen molar-refractivity contribution in [2.24, 2.45) is 5.41 Å². The van der Waals surface area contributed by atoms with Gasteiger partial charge in [0.2, 0.25) is 0 Å². The van der Waals surface area contributed by atoms with Crippen molar-refractivity contribution in [1.82, 2.24) is 0 Å². The van der Waals surface area contributed by atoms with Crippen LogP contribution in [-0.4, -0.2) is 11.7 Å². The highest BCUT2D eigenvalue weighted by molar-refractivity contribution is 6.21. The number of Topliss-reactive ketones (excluding diaryl/α,β-unsaturated/α-hetero) is 1. The van der Waals surface area contributed by atoms with Crippen molar-refractivity contribution in [2.45, 2.75) is 20.0 Å². The second-order valence-electron chi connectivity index (χ2n) is 4.51. The van der Waals surface area contributed by atoms with Gasteiger partial charge in [0.15, 0.2) is 5.78 Å². The molecular weight excluding hydrogens is 272 g/mol. The van der Waals surface area contributed by atoms with Crippen LogP contribution in [-0.2, 0) is 6.18 Å². The highest BCUT2D eigenvalue weighted by Crippen LogP contribution is 2.36. The zero-order valence-corrected chi connectivity index (χ0v) is 10.5. The van der Waals surface area contributed by atoms with Gasteiger partial charge in [-0.2, -0.15) is 13.2 Å². The molecule has 1 nitrogen and oxygen atoms in total. The van der Waals surface area contributed by atoms with E-state index >= 15 is 0 Å². The van der Waals surface area contributed by atoms with Crippen LogP contribution >= 0.6 is 11.6 Å². The Morgan fingerprint density at radius 3 is 2.28 bits per heavy atom. The third-order valence-corrected chi connectivity index (χ3v) is 3.16. The van der Waals surface area contributed by atoms with E-state index in [1.807, 2.05) is 0 Å². The highest BCUT2D eigenvalue weighted by Gasteiger charge is 2.41. The fourth-order valence-electron chi connectivity index (χ4n) is 1.43. The Bertz CT molecular complexity index is 466. The van der Waals surface area contributed by atoms with Crippen LogP contribution in [0.5, 0.6) is 0 Å². The quantitative estimate of drug-likeness (QED) is 0.459. The molecule has 1 aromatic rings. The molecular formula is C12H11ClF4O. The molecule has 0 N–H and O–H groups in total. The maximum Gasteiger partial charge on any atom is 0.419 e. The van der Waals surface area contributed by atoms with Crippen LogP contribution in [0.4, 0.5) is 17.6 Å². The second-order valence-corrected chi connectivity index (χ2v) is 4.77. The van der Waals surface area contributed by atoms with Crippen molar-refractivity contribution in [1.29, 1.82) is 0 Å². The first-order valence-corrected chi connectivity index (χ1v) is 5.61. The summed E-state index contributed by atoms with van der Waals surface area (Å²) in [5.41, 5.74) is -3.41. The summed E-state index contributed by atoms with van der Waals surface area (Å²) in [4.78, 5) is 12.0. The number of hydrogen-bond acceptors (Lipinski definition) is 1. The van der Waals surface area contributed by atoms with E-state index in [0.717, 1.165) is 12.1 Å². The van der Waals surface area contributed by atoms with Gasteiger partial charge in [0, 0.05) is 16.9 Å². The molecule has 1 rings (SSSR count). The molecule has 0 radical (unpaired) electrons. The van der Waals surface area contributed by atoms with E-state index in [1.54, 1.807) is 0 Å². The van der Waals surface area contributed by atoms with Crippen LogP contribution in [0, 0.1) is 11.2 Å². The second kappa shape index (κ2) is 4.88. The summed E-state index contributed by atoms with van der Waals surface area (Å²) in [5.74, 6) is -2.44. The third-order valence-electron chi connectivity index (χ3n) is 2.49. The van der Waals surface area contributed by atoms with Gasteiger partial charge in [-0.3, -0.25) is 4.79 Å². The molecule has 0 aliphatic heterocycles. The predicted octanol–water partition coefficient (Wildman–Crippen LogP) is 4.29. The van der Waals surface area contributed by atoms with Gasteiger partial charge in [-0.1, -0.05) is 26.0 Å². The fraction of sp³-hybridized carbons (Fsp3) is 0.417. The smallest absolute Gasteiger partial charge is 0.294 e. The third kappa shape index (κ3) is 2.83. The summed E-state index contributed by atoms with van der Waals surface area (Å²) in [6.45, 7) is 2.82. The van der Waals surface area contributed by atoms with Crippen LogP contribution in [0.15, 0.2) is 18.2 Å². The predicted molar refractivity (Wildman–Crippen MR) is 60.2 cm³/mol. The van der Waals surface area contributed by atoms with E-state index in [4.69, 9.17) is 11.6 Å². The lowest BCUT2D eigenvalue weighted by molar-refractivity contribution is -0.140. The molecule has 1 aromatic carbocycles. The Balaban J connectivity index is 3.43. The monoisotopic (exact) mass is 282 g/mol. The SMILES string of the molecule is CC(C)(CCl)C(=O)c1cccc(F)c1C(F)(F)F. The van der Waals surface area contributed by atoms with Crippen LogP contribution in [0.1, 0.15) is 29.8 Å². The van der Waals surface area contributed by atoms with Gasteiger partial charge in [-0.25, -0.2) is 4.39 Å². The average Bonchev–Trinajstić information content (AvgIpc) is 2.26. The molecule has 6 heteroatoms. The van der Waals surface area contributed by atoms with Gasteiger partial charge < -0.3 is 0 Å². The molecule has 0 saturated carbocycles. The molecule has 0 amide bonds. The number of alkyl halides is 4. The van der Waals surface area contributed by atoms with Crippen molar-refractivity contribution in [3.63, 3.8) is 0 Å². The Morgan fingerprint density at radius 1 is 1.28 bits per heavy atom. The number of carbonyl (C=O) groups excluding carboxylic acids is 1. The standard InChI is InChI=1S/C12H11ClF4O/c1-11(2,6-13)10(18)7-4-3-5-8(14)9(7)12(15,16)17/h3-5H,6H2,1-2H3. The number of ketones is 1. The van der Waals surface area contributed by atoms with Gasteiger partial charge in [0.1, 0.15) is 11.4 Å². The number of rotatable bonds is 3. The first-order valence-electron chi connectivity index (χ1n) is 5.07. The summed E-state index contributed by atoms with van der Waals surface area (Å²) in [6, 6.07) is 2.71. The van der Waals surface area contributed by atoms with E-state index in [0.29, 0.717) is 6.07 Å². The van der Waals surface area contributed by atoms with E-state index in [-0.39, 0.29) is 5.88 Å². The molecule has 0 aliphatic carbocycles. The largest absolute Gasteiger partial charge is 0.419 e. The van der Waals surface area contributed by atoms with E-state index in [2.05, 4.69) is 0 Å². The molecule has 0 spiro atoms. The Kier molecular flexibility index (Phi) is 4.05. The molecule has 18 heavy (non-hydrogen) atoms. The first kappa shape index (κ1) is 15.0. The Morgan fingerprint density at radius 2 is 1.83 bits per heavy atom. The summed E-state index contributed by atoms with van der Waals surface area (Å²) in [7, 11) is 0. The van der Waals surface area contributed by atoms with Crippen molar-refractivity contribution in [3.05, 3.63) is 35.1 Å². The van der Waals surface area contributed by atoms with Gasteiger partial charge in [0.05, 0.1) is 0 Å². The fourth-order valence-corrected chi connectivity index (χ4v) is 1.55. The van der Waals surface area contributed by atoms with Crippen molar-refractivity contribution in [3.8, 4) is 0 Å². The van der Waals surface area contributed by atoms with E-state index < -0.39 is 34.3 Å². The van der Waals surface area contributed by atoms with Gasteiger partial charge >= 0.3 is 6.18 Å². The molecule has 0 saturated heterocycles. The zero-order valence-electron chi connectivity index (χ0n) is 9.74. The maximum absolute atomic E-state index is 13.3. The summed E-state index contributed by atoms with van der Waals surface area (Å²) in [6.07, 6.45) is -4.92. The minimum absolute atomic E-state index is 0.153. The van der Waals surface area contributed by atoms with E-state index in [9.17, 15) is 22.4 Å². The Hall–Kier alpha value is -1.10. The maximum atomic E-state index is 13.3. The number of benzene rings is 1. The van der Waals surface area contributed by atoms with Crippen LogP contribution in [0.2, 0.25) is 0 Å². The van der Waals surface area contributed by atoms with Gasteiger partial charge in [-0.05, 0) is 6.07 Å². The van der Waals surface area contributed by atoms with Crippen molar-refractivity contribution >= 4 is 17.4 Å². The summed E-state index contributed by atoms with van der Waals surface area (Å²) >= 11 is 5.55. The molecule has 0 unspecified atom stereocenters. The molecule has 0 bridgehead atoms. The minimum atomic E-state index is -4.92. The molecule has 0 aliphatic rings. The molecule has 0 aromatic heterocycles. The summed E-state index contributed by atoms with van der Waals surface area (Å²) in [5, 5.41) is 0. The number of halogens is 5. The highest BCUT2D eigenvalue weighted by atomic mass is 35.5. The summed E-state index contributed by atoms with van der Waals surface area (Å²) < 4.78 is 51.5.